The number of hydrogen-bond donors (Lipinski definition) is 0. The van der Waals surface area contributed by atoms with Crippen molar-refractivity contribution in [2.75, 3.05) is 6.54 Å². The molecule has 2 nitrogen and oxygen atoms in total. The zero-order valence-corrected chi connectivity index (χ0v) is 6.13. The number of ketones is 1. The van der Waals surface area contributed by atoms with E-state index in [9.17, 15) is 4.79 Å². The van der Waals surface area contributed by atoms with Gasteiger partial charge in [-0.2, -0.15) is 0 Å². The molecule has 0 saturated carbocycles. The molecule has 0 aliphatic carbocycles. The van der Waals surface area contributed by atoms with E-state index in [-0.39, 0.29) is 5.78 Å². The first-order valence-electron chi connectivity index (χ1n) is 3.38. The topological polar surface area (TPSA) is 20.3 Å². The van der Waals surface area contributed by atoms with Gasteiger partial charge in [0.1, 0.15) is 0 Å². The second kappa shape index (κ2) is 2.69. The smallest absolute Gasteiger partial charge is 0.180 e. The lowest BCUT2D eigenvalue weighted by atomic mass is 10.3. The van der Waals surface area contributed by atoms with Gasteiger partial charge in [0.15, 0.2) is 5.78 Å². The molecule has 1 heterocycles. The Labute approximate surface area is 60.8 Å². The van der Waals surface area contributed by atoms with Crippen molar-refractivity contribution < 1.29 is 4.79 Å². The van der Waals surface area contributed by atoms with Gasteiger partial charge < -0.3 is 4.90 Å². The van der Waals surface area contributed by atoms with Crippen molar-refractivity contribution in [1.82, 2.24) is 4.90 Å². The zero-order chi connectivity index (χ0) is 7.56. The van der Waals surface area contributed by atoms with Crippen LogP contribution in [0.3, 0.4) is 0 Å². The Morgan fingerprint density at radius 1 is 1.70 bits per heavy atom. The molecule has 0 aromatic carbocycles. The lowest BCUT2D eigenvalue weighted by Crippen LogP contribution is -2.09. The van der Waals surface area contributed by atoms with Gasteiger partial charge in [-0.05, 0) is 13.1 Å². The van der Waals surface area contributed by atoms with Crippen molar-refractivity contribution in [3.05, 3.63) is 24.6 Å². The minimum atomic E-state index is 0.224. The van der Waals surface area contributed by atoms with Crippen LogP contribution in [0.15, 0.2) is 24.6 Å². The largest absolute Gasteiger partial charge is 0.346 e. The highest BCUT2D eigenvalue weighted by Crippen LogP contribution is 2.16. The average molecular weight is 137 g/mol. The van der Waals surface area contributed by atoms with Gasteiger partial charge in [0, 0.05) is 13.0 Å². The molecule has 0 spiro atoms. The fourth-order valence-electron chi connectivity index (χ4n) is 1.15. The zero-order valence-electron chi connectivity index (χ0n) is 6.13. The van der Waals surface area contributed by atoms with Gasteiger partial charge in [-0.25, -0.2) is 0 Å². The molecule has 0 aromatic rings. The lowest BCUT2D eigenvalue weighted by Gasteiger charge is -2.10. The summed E-state index contributed by atoms with van der Waals surface area (Å²) in [6, 6.07) is 0. The number of rotatable bonds is 1. The maximum absolute atomic E-state index is 11.0. The summed E-state index contributed by atoms with van der Waals surface area (Å²) in [5, 5.41) is 0. The average Bonchev–Trinajstić information content (AvgIpc) is 2.30. The molecule has 0 unspecified atom stereocenters. The maximum Gasteiger partial charge on any atom is 0.180 e. The first kappa shape index (κ1) is 7.06. The van der Waals surface area contributed by atoms with Gasteiger partial charge in [0.05, 0.1) is 5.70 Å². The quantitative estimate of drug-likeness (QED) is 0.508. The normalized spacial score (nSPS) is 22.3. The van der Waals surface area contributed by atoms with Crippen molar-refractivity contribution in [2.24, 2.45) is 0 Å². The van der Waals surface area contributed by atoms with Gasteiger partial charge in [0.2, 0.25) is 0 Å². The predicted molar refractivity (Wildman–Crippen MR) is 40.3 cm³/mol. The molecular formula is C8H11NO. The van der Waals surface area contributed by atoms with Crippen molar-refractivity contribution in [3.63, 3.8) is 0 Å². The Balaban J connectivity index is 2.82. The van der Waals surface area contributed by atoms with E-state index < -0.39 is 0 Å². The van der Waals surface area contributed by atoms with Crippen LogP contribution in [0.4, 0.5) is 0 Å². The minimum absolute atomic E-state index is 0.224. The molecular weight excluding hydrogens is 126 g/mol. The molecule has 0 atom stereocenters. The van der Waals surface area contributed by atoms with Gasteiger partial charge in [0.25, 0.3) is 0 Å². The summed E-state index contributed by atoms with van der Waals surface area (Å²) >= 11 is 0. The van der Waals surface area contributed by atoms with E-state index in [0.29, 0.717) is 6.42 Å². The highest BCUT2D eigenvalue weighted by Gasteiger charge is 2.21. The van der Waals surface area contributed by atoms with E-state index >= 15 is 0 Å². The fourth-order valence-corrected chi connectivity index (χ4v) is 1.15. The fraction of sp³-hybridized carbons (Fsp3) is 0.375. The Kier molecular flexibility index (Phi) is 1.90. The number of hydrogen-bond acceptors (Lipinski definition) is 2. The molecule has 1 aliphatic heterocycles. The Hall–Kier alpha value is -1.05. The predicted octanol–water partition coefficient (Wildman–Crippen LogP) is 1.31. The molecule has 0 aromatic heterocycles. The Bertz CT molecular complexity index is 193. The van der Waals surface area contributed by atoms with Crippen LogP contribution in [0.2, 0.25) is 0 Å². The summed E-state index contributed by atoms with van der Waals surface area (Å²) in [4.78, 5) is 12.9. The van der Waals surface area contributed by atoms with E-state index in [4.69, 9.17) is 0 Å². The summed E-state index contributed by atoms with van der Waals surface area (Å²) < 4.78 is 0. The number of allylic oxidation sites excluding steroid dienone is 2. The van der Waals surface area contributed by atoms with Crippen molar-refractivity contribution in [1.29, 1.82) is 0 Å². The van der Waals surface area contributed by atoms with Crippen LogP contribution in [-0.2, 0) is 4.79 Å². The van der Waals surface area contributed by atoms with Crippen LogP contribution in [0.1, 0.15) is 13.3 Å². The van der Waals surface area contributed by atoms with Gasteiger partial charge in [-0.1, -0.05) is 12.7 Å². The van der Waals surface area contributed by atoms with Crippen LogP contribution in [0, 0.1) is 0 Å². The molecule has 54 valence electrons. The standard InChI is InChI=1S/C8H11NO/c1-3-7-8(10)5-6-9(7)4-2/h3-4H,2,5-6H2,1H3. The molecule has 1 fully saturated rings. The third-order valence-electron chi connectivity index (χ3n) is 1.67. The summed E-state index contributed by atoms with van der Waals surface area (Å²) in [6.45, 7) is 6.27. The second-order valence-electron chi connectivity index (χ2n) is 2.22. The Morgan fingerprint density at radius 3 is 2.80 bits per heavy atom. The third kappa shape index (κ3) is 0.967. The number of carbonyl (C=O) groups is 1. The third-order valence-corrected chi connectivity index (χ3v) is 1.67. The molecule has 1 rings (SSSR count). The monoisotopic (exact) mass is 137 g/mol. The summed E-state index contributed by atoms with van der Waals surface area (Å²) in [6.07, 6.45) is 4.16. The number of Topliss-reactive ketones (excluding diaryl/α,β-unsaturated/α-hetero) is 1. The summed E-state index contributed by atoms with van der Waals surface area (Å²) in [7, 11) is 0. The Morgan fingerprint density at radius 2 is 2.40 bits per heavy atom. The van der Waals surface area contributed by atoms with Crippen molar-refractivity contribution in [3.8, 4) is 0 Å². The van der Waals surface area contributed by atoms with E-state index in [2.05, 4.69) is 6.58 Å². The molecule has 0 radical (unpaired) electrons. The first-order chi connectivity index (χ1) is 4.79. The van der Waals surface area contributed by atoms with Gasteiger partial charge in [-0.3, -0.25) is 4.79 Å². The SMILES string of the molecule is C=CN1CCC(=O)C1=CC. The van der Waals surface area contributed by atoms with Crippen LogP contribution in [0.25, 0.3) is 0 Å². The number of carbonyl (C=O) groups excluding carboxylic acids is 1. The maximum atomic E-state index is 11.0. The highest BCUT2D eigenvalue weighted by atomic mass is 16.1. The molecule has 0 amide bonds. The molecule has 2 heteroatoms. The van der Waals surface area contributed by atoms with Gasteiger partial charge >= 0.3 is 0 Å². The molecule has 10 heavy (non-hydrogen) atoms. The second-order valence-corrected chi connectivity index (χ2v) is 2.22. The van der Waals surface area contributed by atoms with E-state index in [0.717, 1.165) is 12.2 Å². The number of likely N-dealkylation sites (tertiary alicyclic amines) is 1. The van der Waals surface area contributed by atoms with Gasteiger partial charge in [-0.15, -0.1) is 0 Å². The molecule has 1 aliphatic rings. The minimum Gasteiger partial charge on any atom is -0.346 e. The van der Waals surface area contributed by atoms with Crippen LogP contribution >= 0.6 is 0 Å². The van der Waals surface area contributed by atoms with E-state index in [1.54, 1.807) is 6.20 Å². The summed E-state index contributed by atoms with van der Waals surface area (Å²) in [5.41, 5.74) is 0.787. The van der Waals surface area contributed by atoms with Crippen LogP contribution in [0.5, 0.6) is 0 Å². The van der Waals surface area contributed by atoms with Crippen LogP contribution in [-0.4, -0.2) is 17.2 Å². The van der Waals surface area contributed by atoms with E-state index in [1.165, 1.54) is 0 Å². The molecule has 0 bridgehead atoms. The molecule has 0 N–H and O–H groups in total. The number of nitrogens with zero attached hydrogens (tertiary/aromatic N) is 1. The van der Waals surface area contributed by atoms with Crippen molar-refractivity contribution >= 4 is 5.78 Å². The van der Waals surface area contributed by atoms with Crippen molar-refractivity contribution in [2.45, 2.75) is 13.3 Å². The highest BCUT2D eigenvalue weighted by molar-refractivity contribution is 5.97. The summed E-state index contributed by atoms with van der Waals surface area (Å²) in [5.74, 6) is 0.224. The first-order valence-corrected chi connectivity index (χ1v) is 3.38. The van der Waals surface area contributed by atoms with Crippen LogP contribution < -0.4 is 0 Å². The van der Waals surface area contributed by atoms with E-state index in [1.807, 2.05) is 17.9 Å². The lowest BCUT2D eigenvalue weighted by molar-refractivity contribution is -0.114. The molecule has 1 saturated heterocycles.